The largest absolute Gasteiger partial charge is 0.372 e. The maximum atomic E-state index is 9.85. The highest BCUT2D eigenvalue weighted by Gasteiger charge is 2.79. The Morgan fingerprint density at radius 1 is 0.625 bits per heavy atom. The summed E-state index contributed by atoms with van der Waals surface area (Å²) in [5.74, 6) is 0. The van der Waals surface area contributed by atoms with Gasteiger partial charge in [0.05, 0.1) is 0 Å². The number of alkyl halides is 9. The smallest absolute Gasteiger partial charge is 0.196 e. The van der Waals surface area contributed by atoms with Crippen molar-refractivity contribution in [2.45, 2.75) is 28.8 Å². The van der Waals surface area contributed by atoms with Crippen LogP contribution in [0.1, 0.15) is 6.42 Å². The molecule has 16 heavy (non-hydrogen) atoms. The quantitative estimate of drug-likeness (QED) is 0.557. The van der Waals surface area contributed by atoms with Crippen molar-refractivity contribution in [3.05, 3.63) is 0 Å². The van der Waals surface area contributed by atoms with Crippen LogP contribution < -0.4 is 0 Å². The Morgan fingerprint density at radius 3 is 1.38 bits per heavy atom. The molecule has 1 rings (SSSR count). The van der Waals surface area contributed by atoms with E-state index in [9.17, 15) is 5.11 Å². The van der Waals surface area contributed by atoms with E-state index in [2.05, 4.69) is 0 Å². The molecular formula is C6H3Cl9O. The number of hydrogen-bond donors (Lipinski definition) is 1. The Morgan fingerprint density at radius 2 is 1.00 bits per heavy atom. The van der Waals surface area contributed by atoms with Crippen LogP contribution in [-0.2, 0) is 0 Å². The number of halogens is 9. The Balaban J connectivity index is 3.43. The molecule has 1 unspecified atom stereocenters. The maximum absolute atomic E-state index is 9.85. The summed E-state index contributed by atoms with van der Waals surface area (Å²) in [7, 11) is 0. The predicted molar refractivity (Wildman–Crippen MR) is 73.2 cm³/mol. The first-order chi connectivity index (χ1) is 6.71. The van der Waals surface area contributed by atoms with Crippen LogP contribution in [0.3, 0.4) is 0 Å². The molecule has 10 heteroatoms. The van der Waals surface area contributed by atoms with Crippen LogP contribution >= 0.6 is 104 Å². The van der Waals surface area contributed by atoms with Crippen molar-refractivity contribution in [2.75, 3.05) is 0 Å². The molecule has 0 aromatic carbocycles. The van der Waals surface area contributed by atoms with Gasteiger partial charge in [-0.1, -0.05) is 104 Å². The second-order valence-corrected chi connectivity index (χ2v) is 9.45. The van der Waals surface area contributed by atoms with E-state index < -0.39 is 28.8 Å². The summed E-state index contributed by atoms with van der Waals surface area (Å²) in [6.45, 7) is 0. The van der Waals surface area contributed by atoms with Gasteiger partial charge in [-0.25, -0.2) is 0 Å². The lowest BCUT2D eigenvalue weighted by Crippen LogP contribution is -2.71. The van der Waals surface area contributed by atoms with Gasteiger partial charge >= 0.3 is 0 Å². The van der Waals surface area contributed by atoms with E-state index in [0.29, 0.717) is 0 Å². The molecular weight excluding hydrogens is 407 g/mol. The molecule has 0 aromatic rings. The minimum absolute atomic E-state index is 0.536. The second-order valence-electron chi connectivity index (χ2n) is 3.36. The standard InChI is InChI=1S/C6H3Cl9O/c7-2(8)1-3(9,16)5(12,13)6(14,15)4(2,10)11/h16H,1H2. The molecule has 0 bridgehead atoms. The molecule has 0 aliphatic heterocycles. The SMILES string of the molecule is OC1(Cl)CC(Cl)(Cl)C(Cl)(Cl)C(Cl)(Cl)C1(Cl)Cl. The molecule has 0 aromatic heterocycles. The summed E-state index contributed by atoms with van der Waals surface area (Å²) in [6.07, 6.45) is -0.536. The summed E-state index contributed by atoms with van der Waals surface area (Å²) in [4.78, 5) is 0. The molecule has 1 fully saturated rings. The van der Waals surface area contributed by atoms with E-state index in [-0.39, 0.29) is 0 Å². The fourth-order valence-corrected chi connectivity index (χ4v) is 4.29. The van der Waals surface area contributed by atoms with Crippen molar-refractivity contribution in [3.8, 4) is 0 Å². The fourth-order valence-electron chi connectivity index (χ4n) is 1.18. The summed E-state index contributed by atoms with van der Waals surface area (Å²) < 4.78 is -8.66. The highest BCUT2D eigenvalue weighted by atomic mass is 35.6. The van der Waals surface area contributed by atoms with E-state index in [1.165, 1.54) is 0 Å². The number of aliphatic hydroxyl groups is 1. The van der Waals surface area contributed by atoms with Crippen LogP contribution in [0.25, 0.3) is 0 Å². The molecule has 0 heterocycles. The van der Waals surface area contributed by atoms with Gasteiger partial charge in [0.25, 0.3) is 0 Å². The van der Waals surface area contributed by atoms with E-state index in [1.807, 2.05) is 0 Å². The second kappa shape index (κ2) is 4.28. The number of hydrogen-bond acceptors (Lipinski definition) is 1. The molecule has 0 radical (unpaired) electrons. The van der Waals surface area contributed by atoms with Crippen molar-refractivity contribution in [1.82, 2.24) is 0 Å². The van der Waals surface area contributed by atoms with Gasteiger partial charge in [-0.15, -0.1) is 0 Å². The van der Waals surface area contributed by atoms with Gasteiger partial charge in [0.1, 0.15) is 0 Å². The van der Waals surface area contributed by atoms with E-state index >= 15 is 0 Å². The highest BCUT2D eigenvalue weighted by Crippen LogP contribution is 2.70. The monoisotopic (exact) mass is 406 g/mol. The molecule has 1 nitrogen and oxygen atoms in total. The molecule has 96 valence electrons. The first-order valence-electron chi connectivity index (χ1n) is 3.63. The van der Waals surface area contributed by atoms with Gasteiger partial charge in [0.15, 0.2) is 22.4 Å². The van der Waals surface area contributed by atoms with E-state index in [4.69, 9.17) is 104 Å². The lowest BCUT2D eigenvalue weighted by atomic mass is 9.92. The minimum Gasteiger partial charge on any atom is -0.372 e. The summed E-state index contributed by atoms with van der Waals surface area (Å²) in [5.41, 5.74) is 0. The van der Waals surface area contributed by atoms with Gasteiger partial charge in [-0.3, -0.25) is 0 Å². The Bertz CT molecular complexity index is 279. The third-order valence-corrected chi connectivity index (χ3v) is 8.33. The minimum atomic E-state index is -2.30. The molecule has 0 amide bonds. The molecule has 0 spiro atoms. The average molecular weight is 410 g/mol. The molecule has 1 aliphatic carbocycles. The maximum Gasteiger partial charge on any atom is 0.196 e. The lowest BCUT2D eigenvalue weighted by molar-refractivity contribution is 0.0645. The zero-order valence-electron chi connectivity index (χ0n) is 7.06. The van der Waals surface area contributed by atoms with Crippen molar-refractivity contribution < 1.29 is 5.11 Å². The third kappa shape index (κ3) is 2.02. The Labute approximate surface area is 137 Å². The summed E-state index contributed by atoms with van der Waals surface area (Å²) >= 11 is 52.4. The van der Waals surface area contributed by atoms with Crippen LogP contribution in [0.4, 0.5) is 0 Å². The summed E-state index contributed by atoms with van der Waals surface area (Å²) in [5, 5.41) is 7.56. The normalized spacial score (nSPS) is 39.4. The Hall–Kier alpha value is 2.57. The van der Waals surface area contributed by atoms with Crippen LogP contribution in [0.2, 0.25) is 0 Å². The van der Waals surface area contributed by atoms with Crippen LogP contribution in [0.5, 0.6) is 0 Å². The number of rotatable bonds is 0. The van der Waals surface area contributed by atoms with Crippen molar-refractivity contribution in [2.24, 2.45) is 0 Å². The molecule has 1 N–H and O–H groups in total. The molecule has 1 aliphatic rings. The van der Waals surface area contributed by atoms with Gasteiger partial charge in [0.2, 0.25) is 0 Å². The fraction of sp³-hybridized carbons (Fsp3) is 1.00. The van der Waals surface area contributed by atoms with Crippen LogP contribution in [0, 0.1) is 0 Å². The Kier molecular flexibility index (Phi) is 4.45. The van der Waals surface area contributed by atoms with Gasteiger partial charge < -0.3 is 5.11 Å². The summed E-state index contributed by atoms with van der Waals surface area (Å²) in [6, 6.07) is 0. The molecule has 0 saturated heterocycles. The topological polar surface area (TPSA) is 20.2 Å². The highest BCUT2D eigenvalue weighted by molar-refractivity contribution is 6.75. The lowest BCUT2D eigenvalue weighted by Gasteiger charge is -2.55. The first kappa shape index (κ1) is 16.6. The zero-order valence-corrected chi connectivity index (χ0v) is 13.9. The van der Waals surface area contributed by atoms with Crippen molar-refractivity contribution >= 4 is 104 Å². The zero-order chi connectivity index (χ0) is 13.2. The van der Waals surface area contributed by atoms with E-state index in [1.54, 1.807) is 0 Å². The molecule has 1 atom stereocenters. The van der Waals surface area contributed by atoms with Gasteiger partial charge in [-0.05, 0) is 0 Å². The van der Waals surface area contributed by atoms with Gasteiger partial charge in [-0.2, -0.15) is 0 Å². The van der Waals surface area contributed by atoms with Gasteiger partial charge in [0, 0.05) is 6.42 Å². The average Bonchev–Trinajstić information content (AvgIpc) is 1.98. The predicted octanol–water partition coefficient (Wildman–Crippen LogP) is 5.01. The van der Waals surface area contributed by atoms with E-state index in [0.717, 1.165) is 0 Å². The van der Waals surface area contributed by atoms with Crippen LogP contribution in [0.15, 0.2) is 0 Å². The van der Waals surface area contributed by atoms with Crippen molar-refractivity contribution in [3.63, 3.8) is 0 Å². The third-order valence-electron chi connectivity index (χ3n) is 2.19. The van der Waals surface area contributed by atoms with Crippen molar-refractivity contribution in [1.29, 1.82) is 0 Å². The van der Waals surface area contributed by atoms with Crippen LogP contribution in [-0.4, -0.2) is 27.5 Å². The first-order valence-corrected chi connectivity index (χ1v) is 7.03. The molecule has 1 saturated carbocycles.